The molecule has 4 heteroatoms. The molecular weight excluding hydrogens is 208 g/mol. The van der Waals surface area contributed by atoms with Crippen LogP contribution >= 0.6 is 11.8 Å². The van der Waals surface area contributed by atoms with Crippen molar-refractivity contribution >= 4 is 23.4 Å². The summed E-state index contributed by atoms with van der Waals surface area (Å²) in [6.07, 6.45) is 0.513. The van der Waals surface area contributed by atoms with Gasteiger partial charge in [-0.2, -0.15) is 5.26 Å². The van der Waals surface area contributed by atoms with Crippen molar-refractivity contribution in [3.8, 4) is 6.07 Å². The molecule has 0 aliphatic rings. The number of hydrogen-bond acceptors (Lipinski definition) is 3. The summed E-state index contributed by atoms with van der Waals surface area (Å²) >= 11 is 1.58. The lowest BCUT2D eigenvalue weighted by molar-refractivity contribution is -0.114. The van der Waals surface area contributed by atoms with Crippen molar-refractivity contribution in [2.75, 3.05) is 11.1 Å². The molecule has 78 valence electrons. The highest BCUT2D eigenvalue weighted by atomic mass is 32.2. The monoisotopic (exact) mass is 220 g/mol. The summed E-state index contributed by atoms with van der Waals surface area (Å²) in [5.41, 5.74) is 0.813. The standard InChI is InChI=1S/C11H12N2OS/c1-9(14)13-10-5-2-3-6-11(10)15-8-4-7-12/h2-3,5-6H,4,8H2,1H3,(H,13,14). The summed E-state index contributed by atoms with van der Waals surface area (Å²) in [7, 11) is 0. The van der Waals surface area contributed by atoms with Crippen molar-refractivity contribution in [3.05, 3.63) is 24.3 Å². The molecule has 0 spiro atoms. The Labute approximate surface area is 93.5 Å². The van der Waals surface area contributed by atoms with Crippen molar-refractivity contribution in [2.24, 2.45) is 0 Å². The van der Waals surface area contributed by atoms with Crippen LogP contribution in [0.4, 0.5) is 5.69 Å². The number of hydrogen-bond donors (Lipinski definition) is 1. The quantitative estimate of drug-likeness (QED) is 0.627. The first-order valence-electron chi connectivity index (χ1n) is 4.60. The first kappa shape index (κ1) is 11.6. The molecular formula is C11H12N2OS. The van der Waals surface area contributed by atoms with Gasteiger partial charge < -0.3 is 5.32 Å². The van der Waals surface area contributed by atoms with Crippen molar-refractivity contribution in [2.45, 2.75) is 18.2 Å². The largest absolute Gasteiger partial charge is 0.325 e. The smallest absolute Gasteiger partial charge is 0.221 e. The van der Waals surface area contributed by atoms with E-state index in [1.807, 2.05) is 24.3 Å². The number of rotatable bonds is 4. The van der Waals surface area contributed by atoms with E-state index in [-0.39, 0.29) is 5.91 Å². The fourth-order valence-electron chi connectivity index (χ4n) is 1.09. The van der Waals surface area contributed by atoms with Crippen molar-refractivity contribution in [1.29, 1.82) is 5.26 Å². The van der Waals surface area contributed by atoms with E-state index in [2.05, 4.69) is 11.4 Å². The fraction of sp³-hybridized carbons (Fsp3) is 0.273. The zero-order chi connectivity index (χ0) is 11.1. The summed E-state index contributed by atoms with van der Waals surface area (Å²) in [5, 5.41) is 11.2. The van der Waals surface area contributed by atoms with Crippen LogP contribution in [0.1, 0.15) is 13.3 Å². The van der Waals surface area contributed by atoms with E-state index < -0.39 is 0 Å². The minimum absolute atomic E-state index is 0.0802. The first-order chi connectivity index (χ1) is 7.24. The number of carbonyl (C=O) groups is 1. The lowest BCUT2D eigenvalue weighted by Gasteiger charge is -2.07. The minimum Gasteiger partial charge on any atom is -0.325 e. The molecule has 0 saturated heterocycles. The Kier molecular flexibility index (Phi) is 4.72. The second-order valence-corrected chi connectivity index (χ2v) is 4.07. The molecule has 1 amide bonds. The molecule has 15 heavy (non-hydrogen) atoms. The van der Waals surface area contributed by atoms with Crippen molar-refractivity contribution < 1.29 is 4.79 Å². The molecule has 0 unspecified atom stereocenters. The molecule has 1 rings (SSSR count). The van der Waals surface area contributed by atoms with Crippen LogP contribution in [-0.4, -0.2) is 11.7 Å². The molecule has 0 heterocycles. The summed E-state index contributed by atoms with van der Waals surface area (Å²) in [5.74, 6) is 0.663. The Morgan fingerprint density at radius 2 is 2.27 bits per heavy atom. The van der Waals surface area contributed by atoms with Crippen LogP contribution < -0.4 is 5.32 Å². The number of thioether (sulfide) groups is 1. The molecule has 0 aromatic heterocycles. The van der Waals surface area contributed by atoms with Gasteiger partial charge in [0.1, 0.15) is 0 Å². The highest BCUT2D eigenvalue weighted by molar-refractivity contribution is 7.99. The fourth-order valence-corrected chi connectivity index (χ4v) is 1.95. The molecule has 0 radical (unpaired) electrons. The van der Waals surface area contributed by atoms with E-state index in [1.165, 1.54) is 6.92 Å². The summed E-state index contributed by atoms with van der Waals surface area (Å²) in [6.45, 7) is 1.48. The minimum atomic E-state index is -0.0802. The van der Waals surface area contributed by atoms with Crippen LogP contribution in [0.5, 0.6) is 0 Å². The SMILES string of the molecule is CC(=O)Nc1ccccc1SCCC#N. The van der Waals surface area contributed by atoms with Gasteiger partial charge in [0.25, 0.3) is 0 Å². The molecule has 1 N–H and O–H groups in total. The van der Waals surface area contributed by atoms with Gasteiger partial charge in [-0.05, 0) is 12.1 Å². The van der Waals surface area contributed by atoms with Crippen molar-refractivity contribution in [3.63, 3.8) is 0 Å². The highest BCUT2D eigenvalue weighted by Crippen LogP contribution is 2.27. The van der Waals surface area contributed by atoms with Gasteiger partial charge in [0.05, 0.1) is 11.8 Å². The number of carbonyl (C=O) groups excluding carboxylic acids is 1. The third-order valence-corrected chi connectivity index (χ3v) is 2.74. The van der Waals surface area contributed by atoms with Crippen molar-refractivity contribution in [1.82, 2.24) is 0 Å². The second-order valence-electron chi connectivity index (χ2n) is 2.93. The van der Waals surface area contributed by atoms with E-state index in [0.717, 1.165) is 16.3 Å². The molecule has 1 aromatic rings. The Hall–Kier alpha value is -1.47. The molecule has 0 fully saturated rings. The van der Waals surface area contributed by atoms with Gasteiger partial charge in [-0.1, -0.05) is 12.1 Å². The van der Waals surface area contributed by atoms with Crippen LogP contribution in [-0.2, 0) is 4.79 Å². The molecule has 0 saturated carbocycles. The van der Waals surface area contributed by atoms with E-state index in [1.54, 1.807) is 11.8 Å². The predicted octanol–water partition coefficient (Wildman–Crippen LogP) is 2.65. The molecule has 3 nitrogen and oxygen atoms in total. The molecule has 0 bridgehead atoms. The van der Waals surface area contributed by atoms with Crippen LogP contribution in [0.2, 0.25) is 0 Å². The van der Waals surface area contributed by atoms with Gasteiger partial charge >= 0.3 is 0 Å². The molecule has 0 atom stereocenters. The zero-order valence-corrected chi connectivity index (χ0v) is 9.30. The second kappa shape index (κ2) is 6.10. The van der Waals surface area contributed by atoms with Crippen LogP contribution in [0.3, 0.4) is 0 Å². The number of nitrogens with one attached hydrogen (secondary N) is 1. The van der Waals surface area contributed by atoms with Gasteiger partial charge in [0.2, 0.25) is 5.91 Å². The molecule has 0 aliphatic carbocycles. The number of nitrogens with zero attached hydrogens (tertiary/aromatic N) is 1. The third kappa shape index (κ3) is 4.05. The van der Waals surface area contributed by atoms with Gasteiger partial charge in [0, 0.05) is 24.0 Å². The van der Waals surface area contributed by atoms with Gasteiger partial charge in [-0.3, -0.25) is 4.79 Å². The number of benzene rings is 1. The van der Waals surface area contributed by atoms with E-state index in [4.69, 9.17) is 5.26 Å². The van der Waals surface area contributed by atoms with Crippen LogP contribution in [0, 0.1) is 11.3 Å². The number of para-hydroxylation sites is 1. The maximum Gasteiger partial charge on any atom is 0.221 e. The third-order valence-electron chi connectivity index (χ3n) is 1.67. The average Bonchev–Trinajstić information content (AvgIpc) is 2.20. The van der Waals surface area contributed by atoms with Crippen LogP contribution in [0.25, 0.3) is 0 Å². The number of nitriles is 1. The maximum absolute atomic E-state index is 10.9. The summed E-state index contributed by atoms with van der Waals surface area (Å²) in [6, 6.07) is 9.68. The average molecular weight is 220 g/mol. The number of anilines is 1. The highest BCUT2D eigenvalue weighted by Gasteiger charge is 2.02. The summed E-state index contributed by atoms with van der Waals surface area (Å²) < 4.78 is 0. The number of amides is 1. The maximum atomic E-state index is 10.9. The zero-order valence-electron chi connectivity index (χ0n) is 8.49. The summed E-state index contributed by atoms with van der Waals surface area (Å²) in [4.78, 5) is 11.9. The Bertz CT molecular complexity index is 384. The van der Waals surface area contributed by atoms with E-state index >= 15 is 0 Å². The lowest BCUT2D eigenvalue weighted by Crippen LogP contribution is -2.06. The Balaban J connectivity index is 2.69. The van der Waals surface area contributed by atoms with Crippen LogP contribution in [0.15, 0.2) is 29.2 Å². The van der Waals surface area contributed by atoms with Gasteiger partial charge in [-0.15, -0.1) is 11.8 Å². The topological polar surface area (TPSA) is 52.9 Å². The molecule has 0 aliphatic heterocycles. The van der Waals surface area contributed by atoms with E-state index in [0.29, 0.717) is 6.42 Å². The van der Waals surface area contributed by atoms with Gasteiger partial charge in [0.15, 0.2) is 0 Å². The first-order valence-corrected chi connectivity index (χ1v) is 5.59. The lowest BCUT2D eigenvalue weighted by atomic mass is 10.3. The molecule has 1 aromatic carbocycles. The van der Waals surface area contributed by atoms with E-state index in [9.17, 15) is 4.79 Å². The Morgan fingerprint density at radius 1 is 1.53 bits per heavy atom. The Morgan fingerprint density at radius 3 is 2.93 bits per heavy atom. The predicted molar refractivity (Wildman–Crippen MR) is 61.7 cm³/mol. The van der Waals surface area contributed by atoms with Gasteiger partial charge in [-0.25, -0.2) is 0 Å². The normalized spacial score (nSPS) is 9.33.